The quantitative estimate of drug-likeness (QED) is 0.536. The Morgan fingerprint density at radius 3 is 2.52 bits per heavy atom. The molecule has 0 aliphatic carbocycles. The molecule has 29 heavy (non-hydrogen) atoms. The van der Waals surface area contributed by atoms with E-state index >= 15 is 0 Å². The fourth-order valence-electron chi connectivity index (χ4n) is 4.72. The third kappa shape index (κ3) is 2.76. The minimum atomic E-state index is -0.0410. The number of nitrogens with one attached hydrogen (secondary N) is 1. The van der Waals surface area contributed by atoms with Gasteiger partial charge in [-0.3, -0.25) is 4.79 Å². The molecule has 146 valence electrons. The van der Waals surface area contributed by atoms with E-state index in [1.165, 1.54) is 31.5 Å². The lowest BCUT2D eigenvalue weighted by Gasteiger charge is -2.14. The second-order valence-corrected chi connectivity index (χ2v) is 8.05. The van der Waals surface area contributed by atoms with Crippen molar-refractivity contribution < 1.29 is 9.47 Å². The summed E-state index contributed by atoms with van der Waals surface area (Å²) in [6.07, 6.45) is 3.59. The van der Waals surface area contributed by atoms with E-state index in [0.29, 0.717) is 0 Å². The molecule has 1 saturated heterocycles. The van der Waals surface area contributed by atoms with Gasteiger partial charge < -0.3 is 19.4 Å². The van der Waals surface area contributed by atoms with Crippen molar-refractivity contribution in [3.05, 3.63) is 58.4 Å². The van der Waals surface area contributed by atoms with Crippen molar-refractivity contribution in [2.24, 2.45) is 0 Å². The number of H-pyrrole nitrogens is 1. The van der Waals surface area contributed by atoms with Crippen LogP contribution in [0.2, 0.25) is 0 Å². The molecule has 6 rings (SSSR count). The van der Waals surface area contributed by atoms with Crippen molar-refractivity contribution in [2.45, 2.75) is 19.3 Å². The van der Waals surface area contributed by atoms with Gasteiger partial charge in [0.15, 0.2) is 11.5 Å². The van der Waals surface area contributed by atoms with Gasteiger partial charge in [0.25, 0.3) is 5.56 Å². The van der Waals surface area contributed by atoms with Crippen molar-refractivity contribution in [3.63, 3.8) is 0 Å². The van der Waals surface area contributed by atoms with E-state index in [9.17, 15) is 4.79 Å². The lowest BCUT2D eigenvalue weighted by atomic mass is 9.99. The van der Waals surface area contributed by atoms with Gasteiger partial charge in [-0.05, 0) is 66.9 Å². The Bertz CT molecular complexity index is 1320. The first-order valence-corrected chi connectivity index (χ1v) is 10.3. The summed E-state index contributed by atoms with van der Waals surface area (Å²) < 4.78 is 11.0. The number of fused-ring (bicyclic) bond motifs is 6. The Morgan fingerprint density at radius 2 is 1.66 bits per heavy atom. The Hall–Kier alpha value is -3.05. The number of likely N-dealkylation sites (tertiary alicyclic amines) is 1. The molecule has 2 aliphatic heterocycles. The zero-order valence-corrected chi connectivity index (χ0v) is 16.2. The van der Waals surface area contributed by atoms with Gasteiger partial charge in [-0.15, -0.1) is 0 Å². The van der Waals surface area contributed by atoms with Crippen LogP contribution in [0.15, 0.2) is 47.3 Å². The molecule has 0 spiro atoms. The van der Waals surface area contributed by atoms with E-state index in [2.05, 4.69) is 40.2 Å². The summed E-state index contributed by atoms with van der Waals surface area (Å²) in [7, 11) is 0. The largest absolute Gasteiger partial charge is 0.454 e. The van der Waals surface area contributed by atoms with E-state index in [1.54, 1.807) is 0 Å². The highest BCUT2D eigenvalue weighted by molar-refractivity contribution is 6.15. The van der Waals surface area contributed by atoms with Crippen LogP contribution in [0.3, 0.4) is 0 Å². The lowest BCUT2D eigenvalue weighted by Crippen LogP contribution is -2.22. The third-order valence-electron chi connectivity index (χ3n) is 6.29. The van der Waals surface area contributed by atoms with Crippen molar-refractivity contribution in [3.8, 4) is 11.5 Å². The van der Waals surface area contributed by atoms with Crippen molar-refractivity contribution >= 4 is 32.4 Å². The molecule has 5 nitrogen and oxygen atoms in total. The fourth-order valence-corrected chi connectivity index (χ4v) is 4.72. The molecule has 0 unspecified atom stereocenters. The number of hydrogen-bond acceptors (Lipinski definition) is 4. The topological polar surface area (TPSA) is 54.6 Å². The van der Waals surface area contributed by atoms with Crippen LogP contribution in [0.25, 0.3) is 32.4 Å². The van der Waals surface area contributed by atoms with Crippen LogP contribution in [0.1, 0.15) is 18.4 Å². The normalized spacial score (nSPS) is 16.4. The molecule has 0 radical (unpaired) electrons. The predicted octanol–water partition coefficient (Wildman–Crippen LogP) is 4.20. The molecule has 4 aromatic rings. The molecule has 3 aromatic carbocycles. The molecule has 1 aromatic heterocycles. The molecule has 0 amide bonds. The summed E-state index contributed by atoms with van der Waals surface area (Å²) in [6.45, 7) is 3.70. The van der Waals surface area contributed by atoms with Crippen molar-refractivity contribution in [1.29, 1.82) is 0 Å². The standard InChI is InChI=1S/C24H22N2O3/c27-24-20-11-15(7-10-26-8-1-2-9-26)3-5-17(20)18-6-4-16-12-21-22(29-14-28-21)13-19(16)23(18)25-24/h3-6,11-13H,1-2,7-10,14H2,(H,25,27). The van der Waals surface area contributed by atoms with Crippen molar-refractivity contribution in [2.75, 3.05) is 26.4 Å². The van der Waals surface area contributed by atoms with Gasteiger partial charge in [-0.1, -0.05) is 24.3 Å². The van der Waals surface area contributed by atoms with Gasteiger partial charge in [0.2, 0.25) is 6.79 Å². The first-order chi connectivity index (χ1) is 14.3. The summed E-state index contributed by atoms with van der Waals surface area (Å²) in [5, 5.41) is 4.81. The van der Waals surface area contributed by atoms with E-state index in [1.807, 2.05) is 12.1 Å². The average Bonchev–Trinajstić information content (AvgIpc) is 3.42. The van der Waals surface area contributed by atoms with Gasteiger partial charge >= 0.3 is 0 Å². The third-order valence-corrected chi connectivity index (χ3v) is 6.29. The number of benzene rings is 3. The molecule has 0 atom stereocenters. The monoisotopic (exact) mass is 386 g/mol. The van der Waals surface area contributed by atoms with Gasteiger partial charge in [0, 0.05) is 22.7 Å². The first kappa shape index (κ1) is 16.9. The molecule has 0 bridgehead atoms. The maximum atomic E-state index is 13.0. The van der Waals surface area contributed by atoms with E-state index in [0.717, 1.165) is 56.9 Å². The van der Waals surface area contributed by atoms with Crippen LogP contribution >= 0.6 is 0 Å². The number of hydrogen-bond donors (Lipinski definition) is 1. The van der Waals surface area contributed by atoms with E-state index in [4.69, 9.17) is 9.47 Å². The predicted molar refractivity (Wildman–Crippen MR) is 115 cm³/mol. The van der Waals surface area contributed by atoms with Crippen LogP contribution in [0.4, 0.5) is 0 Å². The zero-order valence-electron chi connectivity index (χ0n) is 16.2. The number of nitrogens with zero attached hydrogens (tertiary/aromatic N) is 1. The smallest absolute Gasteiger partial charge is 0.256 e. The number of aromatic amines is 1. The summed E-state index contributed by atoms with van der Waals surface area (Å²) >= 11 is 0. The molecular weight excluding hydrogens is 364 g/mol. The van der Waals surface area contributed by atoms with Crippen LogP contribution in [-0.2, 0) is 6.42 Å². The second-order valence-electron chi connectivity index (χ2n) is 8.05. The minimum Gasteiger partial charge on any atom is -0.454 e. The van der Waals surface area contributed by atoms with E-state index in [-0.39, 0.29) is 12.4 Å². The number of aromatic nitrogens is 1. The molecule has 1 N–H and O–H groups in total. The second kappa shape index (κ2) is 6.49. The summed E-state index contributed by atoms with van der Waals surface area (Å²) in [6, 6.07) is 14.4. The van der Waals surface area contributed by atoms with Crippen molar-refractivity contribution in [1.82, 2.24) is 9.88 Å². The molecular formula is C24H22N2O3. The summed E-state index contributed by atoms with van der Waals surface area (Å²) in [5.41, 5.74) is 2.03. The molecule has 3 heterocycles. The van der Waals surface area contributed by atoms with Gasteiger partial charge in [-0.2, -0.15) is 0 Å². The van der Waals surface area contributed by atoms with E-state index < -0.39 is 0 Å². The number of ether oxygens (including phenoxy) is 2. The highest BCUT2D eigenvalue weighted by Gasteiger charge is 2.17. The highest BCUT2D eigenvalue weighted by atomic mass is 16.7. The van der Waals surface area contributed by atoms with Gasteiger partial charge in [-0.25, -0.2) is 0 Å². The first-order valence-electron chi connectivity index (χ1n) is 10.3. The fraction of sp³-hybridized carbons (Fsp3) is 0.292. The Labute approximate surface area is 167 Å². The van der Waals surface area contributed by atoms with Gasteiger partial charge in [0.1, 0.15) is 0 Å². The molecule has 2 aliphatic rings. The van der Waals surface area contributed by atoms with Crippen LogP contribution < -0.4 is 15.0 Å². The van der Waals surface area contributed by atoms with Crippen LogP contribution in [0, 0.1) is 0 Å². The minimum absolute atomic E-state index is 0.0410. The highest BCUT2D eigenvalue weighted by Crippen LogP contribution is 2.38. The van der Waals surface area contributed by atoms with Gasteiger partial charge in [0.05, 0.1) is 5.52 Å². The maximum Gasteiger partial charge on any atom is 0.256 e. The number of rotatable bonds is 3. The maximum absolute atomic E-state index is 13.0. The molecule has 1 fully saturated rings. The molecule has 0 saturated carbocycles. The van der Waals surface area contributed by atoms with Crippen LogP contribution in [0.5, 0.6) is 11.5 Å². The average molecular weight is 386 g/mol. The Kier molecular flexibility index (Phi) is 3.78. The number of pyridine rings is 1. The van der Waals surface area contributed by atoms with Crippen LogP contribution in [-0.4, -0.2) is 36.3 Å². The molecule has 5 heteroatoms. The summed E-state index contributed by atoms with van der Waals surface area (Å²) in [5.74, 6) is 1.48. The zero-order chi connectivity index (χ0) is 19.4. The SMILES string of the molecule is O=c1[nH]c2c3cc4c(cc3ccc2c2ccc(CCN3CCCC3)cc12)OCO4. The summed E-state index contributed by atoms with van der Waals surface area (Å²) in [4.78, 5) is 18.6. The Balaban J connectivity index is 1.48. The Morgan fingerprint density at radius 1 is 0.862 bits per heavy atom. The lowest BCUT2D eigenvalue weighted by molar-refractivity contribution is 0.174.